The normalized spacial score (nSPS) is 24.8. The molecule has 98 valence electrons. The van der Waals surface area contributed by atoms with Gasteiger partial charge in [0.05, 0.1) is 0 Å². The van der Waals surface area contributed by atoms with E-state index in [1.165, 1.54) is 12.0 Å². The number of nitrogens with zero attached hydrogens (tertiary/aromatic N) is 1. The molecule has 2 rings (SSSR count). The van der Waals surface area contributed by atoms with Crippen molar-refractivity contribution in [2.75, 3.05) is 0 Å². The van der Waals surface area contributed by atoms with Gasteiger partial charge in [0.25, 0.3) is 5.91 Å². The summed E-state index contributed by atoms with van der Waals surface area (Å²) in [6.45, 7) is 6.37. The van der Waals surface area contributed by atoms with Gasteiger partial charge >= 0.3 is 0 Å². The van der Waals surface area contributed by atoms with Crippen molar-refractivity contribution in [2.24, 2.45) is 0 Å². The topological polar surface area (TPSA) is 32.3 Å². The summed E-state index contributed by atoms with van der Waals surface area (Å²) in [6.07, 6.45) is 3.55. The summed E-state index contributed by atoms with van der Waals surface area (Å²) in [5.74, 6) is -0.00407. The van der Waals surface area contributed by atoms with E-state index in [1.807, 2.05) is 31.2 Å². The molecule has 0 saturated carbocycles. The van der Waals surface area contributed by atoms with Crippen LogP contribution < -0.4 is 5.43 Å². The number of aryl methyl sites for hydroxylation is 1. The summed E-state index contributed by atoms with van der Waals surface area (Å²) < 4.78 is 0. The van der Waals surface area contributed by atoms with Gasteiger partial charge in [0.15, 0.2) is 0 Å². The minimum Gasteiger partial charge on any atom is -0.284 e. The lowest BCUT2D eigenvalue weighted by atomic mass is 10.00. The summed E-state index contributed by atoms with van der Waals surface area (Å²) >= 11 is 0. The van der Waals surface area contributed by atoms with Crippen molar-refractivity contribution in [3.63, 3.8) is 0 Å². The van der Waals surface area contributed by atoms with Crippen molar-refractivity contribution in [3.05, 3.63) is 35.4 Å². The number of nitrogens with one attached hydrogen (secondary N) is 1. The first kappa shape index (κ1) is 13.1. The Balaban J connectivity index is 2.04. The van der Waals surface area contributed by atoms with E-state index in [-0.39, 0.29) is 5.91 Å². The van der Waals surface area contributed by atoms with Crippen molar-refractivity contribution in [1.29, 1.82) is 0 Å². The zero-order valence-corrected chi connectivity index (χ0v) is 11.4. The van der Waals surface area contributed by atoms with E-state index in [0.717, 1.165) is 18.4 Å². The maximum atomic E-state index is 12.2. The largest absolute Gasteiger partial charge is 0.284 e. The van der Waals surface area contributed by atoms with Gasteiger partial charge in [-0.3, -0.25) is 10.2 Å². The van der Waals surface area contributed by atoms with E-state index < -0.39 is 0 Å². The van der Waals surface area contributed by atoms with Gasteiger partial charge in [-0.2, -0.15) is 0 Å². The molecule has 3 heteroatoms. The highest BCUT2D eigenvalue weighted by molar-refractivity contribution is 5.93. The fourth-order valence-electron chi connectivity index (χ4n) is 2.53. The zero-order chi connectivity index (χ0) is 13.1. The molecular weight excluding hydrogens is 224 g/mol. The molecule has 1 aromatic carbocycles. The Morgan fingerprint density at radius 1 is 1.17 bits per heavy atom. The van der Waals surface area contributed by atoms with Crippen molar-refractivity contribution >= 4 is 5.91 Å². The molecule has 1 aliphatic rings. The Bertz CT molecular complexity index is 403. The number of carbonyl (C=O) groups excluding carboxylic acids is 1. The minimum atomic E-state index is -0.00407. The van der Waals surface area contributed by atoms with Crippen LogP contribution in [0, 0.1) is 6.92 Å². The fourth-order valence-corrected chi connectivity index (χ4v) is 2.53. The average Bonchev–Trinajstić information content (AvgIpc) is 2.34. The lowest BCUT2D eigenvalue weighted by Crippen LogP contribution is -2.54. The predicted octanol–water partition coefficient (Wildman–Crippen LogP) is 2.90. The number of piperidine rings is 1. The Labute approximate surface area is 109 Å². The average molecular weight is 246 g/mol. The lowest BCUT2D eigenvalue weighted by Gasteiger charge is -2.38. The summed E-state index contributed by atoms with van der Waals surface area (Å²) in [7, 11) is 0. The molecule has 0 radical (unpaired) electrons. The van der Waals surface area contributed by atoms with Gasteiger partial charge in [0, 0.05) is 17.6 Å². The highest BCUT2D eigenvalue weighted by atomic mass is 16.2. The number of rotatable bonds is 2. The number of benzene rings is 1. The maximum absolute atomic E-state index is 12.2. The number of amides is 1. The first-order valence-electron chi connectivity index (χ1n) is 6.74. The highest BCUT2D eigenvalue weighted by Crippen LogP contribution is 2.20. The molecule has 0 aromatic heterocycles. The van der Waals surface area contributed by atoms with E-state index in [0.29, 0.717) is 12.1 Å². The van der Waals surface area contributed by atoms with Crippen LogP contribution >= 0.6 is 0 Å². The third-order valence-electron chi connectivity index (χ3n) is 3.74. The van der Waals surface area contributed by atoms with Crippen molar-refractivity contribution < 1.29 is 4.79 Å². The van der Waals surface area contributed by atoms with Crippen LogP contribution in [-0.2, 0) is 0 Å². The van der Waals surface area contributed by atoms with E-state index in [4.69, 9.17) is 0 Å². The van der Waals surface area contributed by atoms with Crippen LogP contribution in [0.15, 0.2) is 24.3 Å². The van der Waals surface area contributed by atoms with Gasteiger partial charge in [-0.25, -0.2) is 5.01 Å². The second-order valence-electron chi connectivity index (χ2n) is 5.34. The summed E-state index contributed by atoms with van der Waals surface area (Å²) in [4.78, 5) is 12.2. The van der Waals surface area contributed by atoms with Gasteiger partial charge < -0.3 is 0 Å². The molecule has 2 atom stereocenters. The second-order valence-corrected chi connectivity index (χ2v) is 5.34. The standard InChI is InChI=1S/C15H22N2O/c1-11-7-9-14(10-8-11)15(18)16-17-12(2)5-4-6-13(17)3/h7-10,12-13H,4-6H2,1-3H3,(H,16,18)/t12-,13-/m1/s1. The first-order valence-corrected chi connectivity index (χ1v) is 6.74. The second kappa shape index (κ2) is 5.53. The van der Waals surface area contributed by atoms with Crippen LogP contribution in [0.3, 0.4) is 0 Å². The molecule has 3 nitrogen and oxygen atoms in total. The smallest absolute Gasteiger partial charge is 0.265 e. The van der Waals surface area contributed by atoms with Crippen molar-refractivity contribution in [1.82, 2.24) is 10.4 Å². The van der Waals surface area contributed by atoms with Crippen LogP contribution in [0.1, 0.15) is 49.0 Å². The maximum Gasteiger partial charge on any atom is 0.265 e. The van der Waals surface area contributed by atoms with Gasteiger partial charge in [0.1, 0.15) is 0 Å². The number of hydrazine groups is 1. The van der Waals surface area contributed by atoms with E-state index >= 15 is 0 Å². The van der Waals surface area contributed by atoms with Crippen molar-refractivity contribution in [3.8, 4) is 0 Å². The third-order valence-corrected chi connectivity index (χ3v) is 3.74. The molecule has 0 bridgehead atoms. The predicted molar refractivity (Wildman–Crippen MR) is 73.3 cm³/mol. The monoisotopic (exact) mass is 246 g/mol. The van der Waals surface area contributed by atoms with Gasteiger partial charge in [-0.1, -0.05) is 24.1 Å². The Morgan fingerprint density at radius 2 is 1.72 bits per heavy atom. The van der Waals surface area contributed by atoms with E-state index in [9.17, 15) is 4.79 Å². The van der Waals surface area contributed by atoms with E-state index in [1.54, 1.807) is 0 Å². The quantitative estimate of drug-likeness (QED) is 0.870. The Kier molecular flexibility index (Phi) is 4.02. The molecule has 1 fully saturated rings. The van der Waals surface area contributed by atoms with Crippen LogP contribution in [-0.4, -0.2) is 23.0 Å². The zero-order valence-electron chi connectivity index (χ0n) is 11.4. The molecular formula is C15H22N2O. The third kappa shape index (κ3) is 2.91. The molecule has 1 aliphatic heterocycles. The highest BCUT2D eigenvalue weighted by Gasteiger charge is 2.26. The molecule has 0 unspecified atom stereocenters. The van der Waals surface area contributed by atoms with Crippen molar-refractivity contribution in [2.45, 2.75) is 52.1 Å². The first-order chi connectivity index (χ1) is 8.58. The van der Waals surface area contributed by atoms with Gasteiger partial charge in [0.2, 0.25) is 0 Å². The van der Waals surface area contributed by atoms with Gasteiger partial charge in [-0.15, -0.1) is 0 Å². The SMILES string of the molecule is Cc1ccc(C(=O)NN2[C@H](C)CCC[C@H]2C)cc1. The molecule has 0 spiro atoms. The van der Waals surface area contributed by atoms with Crippen LogP contribution in [0.2, 0.25) is 0 Å². The minimum absolute atomic E-state index is 0.00407. The summed E-state index contributed by atoms with van der Waals surface area (Å²) in [5, 5.41) is 2.10. The fraction of sp³-hybridized carbons (Fsp3) is 0.533. The molecule has 1 N–H and O–H groups in total. The molecule has 18 heavy (non-hydrogen) atoms. The molecule has 1 saturated heterocycles. The lowest BCUT2D eigenvalue weighted by molar-refractivity contribution is 0.0370. The summed E-state index contributed by atoms with van der Waals surface area (Å²) in [6, 6.07) is 8.54. The summed E-state index contributed by atoms with van der Waals surface area (Å²) in [5.41, 5.74) is 4.95. The number of carbonyl (C=O) groups is 1. The molecule has 1 aromatic rings. The Hall–Kier alpha value is -1.35. The van der Waals surface area contributed by atoms with Crippen LogP contribution in [0.25, 0.3) is 0 Å². The number of hydrogen-bond acceptors (Lipinski definition) is 2. The molecule has 1 amide bonds. The van der Waals surface area contributed by atoms with Gasteiger partial charge in [-0.05, 0) is 45.7 Å². The van der Waals surface area contributed by atoms with Crippen LogP contribution in [0.5, 0.6) is 0 Å². The molecule has 1 heterocycles. The van der Waals surface area contributed by atoms with E-state index in [2.05, 4.69) is 24.3 Å². The number of hydrogen-bond donors (Lipinski definition) is 1. The molecule has 0 aliphatic carbocycles. The van der Waals surface area contributed by atoms with Crippen LogP contribution in [0.4, 0.5) is 0 Å². The Morgan fingerprint density at radius 3 is 2.28 bits per heavy atom.